The summed E-state index contributed by atoms with van der Waals surface area (Å²) in [6, 6.07) is 1.95. The molecule has 1 aromatic rings. The molecule has 0 bridgehead atoms. The standard InChI is InChI=1S/C13H20N4O/c1-9-6-10(7-14)8-16-12(9)17-5-3-4-11(17)13(18)15-2/h6,8,11H,3-5,7,14H2,1-2H3,(H,15,18). The molecule has 1 atom stereocenters. The quantitative estimate of drug-likeness (QED) is 0.820. The Kier molecular flexibility index (Phi) is 3.81. The molecule has 1 amide bonds. The third-order valence-corrected chi connectivity index (χ3v) is 3.42. The maximum Gasteiger partial charge on any atom is 0.242 e. The lowest BCUT2D eigenvalue weighted by Crippen LogP contribution is -2.42. The summed E-state index contributed by atoms with van der Waals surface area (Å²) in [5.74, 6) is 0.968. The van der Waals surface area contributed by atoms with Crippen molar-refractivity contribution in [3.63, 3.8) is 0 Å². The normalized spacial score (nSPS) is 19.1. The largest absolute Gasteiger partial charge is 0.357 e. The van der Waals surface area contributed by atoms with Crippen LogP contribution in [0.15, 0.2) is 12.3 Å². The van der Waals surface area contributed by atoms with Crippen molar-refractivity contribution in [1.29, 1.82) is 0 Å². The summed E-state index contributed by atoms with van der Waals surface area (Å²) in [6.07, 6.45) is 3.71. The number of likely N-dealkylation sites (N-methyl/N-ethyl adjacent to an activating group) is 1. The number of carbonyl (C=O) groups excluding carboxylic acids is 1. The zero-order valence-corrected chi connectivity index (χ0v) is 10.9. The van der Waals surface area contributed by atoms with Crippen LogP contribution >= 0.6 is 0 Å². The summed E-state index contributed by atoms with van der Waals surface area (Å²) >= 11 is 0. The topological polar surface area (TPSA) is 71.2 Å². The van der Waals surface area contributed by atoms with Crippen LogP contribution in [-0.4, -0.2) is 30.5 Å². The highest BCUT2D eigenvalue weighted by Crippen LogP contribution is 2.27. The van der Waals surface area contributed by atoms with Crippen molar-refractivity contribution in [2.75, 3.05) is 18.5 Å². The van der Waals surface area contributed by atoms with Crippen molar-refractivity contribution in [2.24, 2.45) is 5.73 Å². The van der Waals surface area contributed by atoms with Gasteiger partial charge in [-0.25, -0.2) is 4.98 Å². The summed E-state index contributed by atoms with van der Waals surface area (Å²) in [7, 11) is 1.68. The number of nitrogens with one attached hydrogen (secondary N) is 1. The SMILES string of the molecule is CNC(=O)C1CCCN1c1ncc(CN)cc1C. The van der Waals surface area contributed by atoms with Gasteiger partial charge in [0, 0.05) is 26.3 Å². The first-order chi connectivity index (χ1) is 8.67. The molecule has 0 aliphatic carbocycles. The summed E-state index contributed by atoms with van der Waals surface area (Å²) in [5.41, 5.74) is 7.70. The molecule has 1 fully saturated rings. The molecule has 5 heteroatoms. The Bertz CT molecular complexity index is 447. The Hall–Kier alpha value is -1.62. The fourth-order valence-corrected chi connectivity index (χ4v) is 2.50. The summed E-state index contributed by atoms with van der Waals surface area (Å²) in [5, 5.41) is 2.72. The van der Waals surface area contributed by atoms with E-state index in [1.807, 2.05) is 13.0 Å². The number of carbonyl (C=O) groups is 1. The molecule has 2 heterocycles. The highest BCUT2D eigenvalue weighted by Gasteiger charge is 2.31. The van der Waals surface area contributed by atoms with E-state index in [0.717, 1.165) is 36.3 Å². The van der Waals surface area contributed by atoms with Crippen LogP contribution in [0.1, 0.15) is 24.0 Å². The highest BCUT2D eigenvalue weighted by molar-refractivity contribution is 5.85. The molecule has 2 rings (SSSR count). The van der Waals surface area contributed by atoms with Gasteiger partial charge in [-0.15, -0.1) is 0 Å². The fraction of sp³-hybridized carbons (Fsp3) is 0.538. The van der Waals surface area contributed by atoms with E-state index in [-0.39, 0.29) is 11.9 Å². The average Bonchev–Trinajstić information content (AvgIpc) is 2.86. The predicted octanol–water partition coefficient (Wildman–Crippen LogP) is 0.564. The Morgan fingerprint density at radius 2 is 2.44 bits per heavy atom. The van der Waals surface area contributed by atoms with Crippen molar-refractivity contribution >= 4 is 11.7 Å². The van der Waals surface area contributed by atoms with Gasteiger partial charge in [-0.2, -0.15) is 0 Å². The van der Waals surface area contributed by atoms with Gasteiger partial charge >= 0.3 is 0 Å². The number of hydrogen-bond donors (Lipinski definition) is 2. The maximum atomic E-state index is 11.8. The van der Waals surface area contributed by atoms with Gasteiger partial charge in [0.1, 0.15) is 11.9 Å². The predicted molar refractivity (Wildman–Crippen MR) is 71.3 cm³/mol. The van der Waals surface area contributed by atoms with Gasteiger partial charge in [-0.1, -0.05) is 0 Å². The maximum absolute atomic E-state index is 11.8. The van der Waals surface area contributed by atoms with Crippen LogP contribution in [0.5, 0.6) is 0 Å². The molecule has 1 aliphatic rings. The minimum atomic E-state index is -0.0927. The van der Waals surface area contributed by atoms with Crippen molar-refractivity contribution < 1.29 is 4.79 Å². The van der Waals surface area contributed by atoms with Gasteiger partial charge in [0.25, 0.3) is 0 Å². The summed E-state index contributed by atoms with van der Waals surface area (Å²) < 4.78 is 0. The van der Waals surface area contributed by atoms with Crippen LogP contribution < -0.4 is 16.0 Å². The van der Waals surface area contributed by atoms with Crippen LogP contribution in [0.25, 0.3) is 0 Å². The Morgan fingerprint density at radius 3 is 3.06 bits per heavy atom. The molecule has 0 radical (unpaired) electrons. The second kappa shape index (κ2) is 5.35. The first kappa shape index (κ1) is 12.8. The van der Waals surface area contributed by atoms with E-state index in [1.54, 1.807) is 13.2 Å². The summed E-state index contributed by atoms with van der Waals surface area (Å²) in [6.45, 7) is 3.39. The molecule has 1 unspecified atom stereocenters. The van der Waals surface area contributed by atoms with Crippen molar-refractivity contribution in [2.45, 2.75) is 32.4 Å². The van der Waals surface area contributed by atoms with Gasteiger partial charge in [0.2, 0.25) is 5.91 Å². The number of aryl methyl sites for hydroxylation is 1. The molecule has 98 valence electrons. The molecule has 3 N–H and O–H groups in total. The van der Waals surface area contributed by atoms with E-state index >= 15 is 0 Å². The van der Waals surface area contributed by atoms with E-state index in [0.29, 0.717) is 6.54 Å². The zero-order chi connectivity index (χ0) is 13.1. The molecule has 1 saturated heterocycles. The Labute approximate surface area is 107 Å². The number of rotatable bonds is 3. The van der Waals surface area contributed by atoms with Crippen LogP contribution in [0.4, 0.5) is 5.82 Å². The first-order valence-corrected chi connectivity index (χ1v) is 6.31. The fourth-order valence-electron chi connectivity index (χ4n) is 2.50. The molecule has 0 saturated carbocycles. The molecular formula is C13H20N4O. The van der Waals surface area contributed by atoms with E-state index in [2.05, 4.69) is 15.2 Å². The average molecular weight is 248 g/mol. The number of pyridine rings is 1. The Morgan fingerprint density at radius 1 is 1.67 bits per heavy atom. The van der Waals surface area contributed by atoms with Crippen molar-refractivity contribution in [3.8, 4) is 0 Å². The number of nitrogens with zero attached hydrogens (tertiary/aromatic N) is 2. The number of anilines is 1. The monoisotopic (exact) mass is 248 g/mol. The highest BCUT2D eigenvalue weighted by atomic mass is 16.2. The molecule has 5 nitrogen and oxygen atoms in total. The second-order valence-corrected chi connectivity index (χ2v) is 4.65. The van der Waals surface area contributed by atoms with Crippen LogP contribution in [0, 0.1) is 6.92 Å². The number of amides is 1. The lowest BCUT2D eigenvalue weighted by atomic mass is 10.1. The number of nitrogens with two attached hydrogens (primary N) is 1. The lowest BCUT2D eigenvalue weighted by Gasteiger charge is -2.26. The van der Waals surface area contributed by atoms with E-state index < -0.39 is 0 Å². The molecule has 0 aromatic carbocycles. The van der Waals surface area contributed by atoms with Gasteiger partial charge in [-0.3, -0.25) is 4.79 Å². The van der Waals surface area contributed by atoms with E-state index in [4.69, 9.17) is 5.73 Å². The minimum Gasteiger partial charge on any atom is -0.357 e. The third-order valence-electron chi connectivity index (χ3n) is 3.42. The smallest absolute Gasteiger partial charge is 0.242 e. The van der Waals surface area contributed by atoms with Crippen LogP contribution in [0.3, 0.4) is 0 Å². The molecular weight excluding hydrogens is 228 g/mol. The molecule has 1 aromatic heterocycles. The van der Waals surface area contributed by atoms with Crippen molar-refractivity contribution in [1.82, 2.24) is 10.3 Å². The van der Waals surface area contributed by atoms with E-state index in [9.17, 15) is 4.79 Å². The number of aromatic nitrogens is 1. The minimum absolute atomic E-state index is 0.0663. The van der Waals surface area contributed by atoms with Gasteiger partial charge in [0.15, 0.2) is 0 Å². The molecule has 1 aliphatic heterocycles. The van der Waals surface area contributed by atoms with E-state index in [1.165, 1.54) is 0 Å². The van der Waals surface area contributed by atoms with Crippen LogP contribution in [0.2, 0.25) is 0 Å². The molecule has 18 heavy (non-hydrogen) atoms. The van der Waals surface area contributed by atoms with Gasteiger partial charge < -0.3 is 16.0 Å². The van der Waals surface area contributed by atoms with Gasteiger partial charge in [0.05, 0.1) is 0 Å². The Balaban J connectivity index is 2.27. The van der Waals surface area contributed by atoms with Crippen LogP contribution in [-0.2, 0) is 11.3 Å². The van der Waals surface area contributed by atoms with Crippen molar-refractivity contribution in [3.05, 3.63) is 23.4 Å². The van der Waals surface area contributed by atoms with Gasteiger partial charge in [-0.05, 0) is 37.0 Å². The summed E-state index contributed by atoms with van der Waals surface area (Å²) in [4.78, 5) is 18.4. The lowest BCUT2D eigenvalue weighted by molar-refractivity contribution is -0.121. The molecule has 0 spiro atoms. The number of hydrogen-bond acceptors (Lipinski definition) is 4. The first-order valence-electron chi connectivity index (χ1n) is 6.31. The second-order valence-electron chi connectivity index (χ2n) is 4.65. The zero-order valence-electron chi connectivity index (χ0n) is 10.9. The third kappa shape index (κ3) is 2.31.